The Hall–Kier alpha value is -2.74. The van der Waals surface area contributed by atoms with Crippen LogP contribution in [-0.2, 0) is 6.54 Å². The molecular formula is C16H17N3O2. The van der Waals surface area contributed by atoms with Crippen molar-refractivity contribution in [3.63, 3.8) is 0 Å². The number of nitrogens with zero attached hydrogens (tertiary/aromatic N) is 2. The predicted octanol–water partition coefficient (Wildman–Crippen LogP) is 2.88. The number of carbonyl (C=O) groups is 1. The molecule has 0 unspecified atom stereocenters. The van der Waals surface area contributed by atoms with Gasteiger partial charge in [-0.1, -0.05) is 12.1 Å². The lowest BCUT2D eigenvalue weighted by atomic mass is 10.1. The van der Waals surface area contributed by atoms with Gasteiger partial charge in [0.1, 0.15) is 5.76 Å². The lowest BCUT2D eigenvalue weighted by Gasteiger charge is -2.21. The number of benzene rings is 1. The summed E-state index contributed by atoms with van der Waals surface area (Å²) in [4.78, 5) is 14.3. The second-order valence-corrected chi connectivity index (χ2v) is 4.51. The molecule has 1 heterocycles. The van der Waals surface area contributed by atoms with Crippen LogP contribution in [0.2, 0.25) is 0 Å². The maximum atomic E-state index is 12.7. The fourth-order valence-corrected chi connectivity index (χ4v) is 2.09. The van der Waals surface area contributed by atoms with Crippen LogP contribution in [0, 0.1) is 11.3 Å². The largest absolute Gasteiger partial charge is 0.467 e. The number of amides is 1. The highest BCUT2D eigenvalue weighted by Gasteiger charge is 2.19. The van der Waals surface area contributed by atoms with Crippen molar-refractivity contribution in [2.75, 3.05) is 18.9 Å². The molecule has 0 saturated carbocycles. The highest BCUT2D eigenvalue weighted by Crippen LogP contribution is 2.18. The maximum absolute atomic E-state index is 12.7. The first-order valence-corrected chi connectivity index (χ1v) is 6.71. The van der Waals surface area contributed by atoms with Gasteiger partial charge in [0.15, 0.2) is 0 Å². The van der Waals surface area contributed by atoms with Gasteiger partial charge in [-0.25, -0.2) is 0 Å². The van der Waals surface area contributed by atoms with E-state index in [-0.39, 0.29) is 12.3 Å². The van der Waals surface area contributed by atoms with Crippen LogP contribution in [0.5, 0.6) is 0 Å². The van der Waals surface area contributed by atoms with Crippen LogP contribution < -0.4 is 5.32 Å². The summed E-state index contributed by atoms with van der Waals surface area (Å²) >= 11 is 0. The van der Waals surface area contributed by atoms with Crippen LogP contribution >= 0.6 is 0 Å². The molecule has 0 spiro atoms. The molecule has 0 atom stereocenters. The van der Waals surface area contributed by atoms with Crippen LogP contribution in [0.15, 0.2) is 47.1 Å². The number of hydrogen-bond acceptors (Lipinski definition) is 4. The first-order valence-electron chi connectivity index (χ1n) is 6.71. The van der Waals surface area contributed by atoms with Gasteiger partial charge in [0, 0.05) is 19.3 Å². The van der Waals surface area contributed by atoms with Crippen LogP contribution in [0.1, 0.15) is 22.5 Å². The summed E-state index contributed by atoms with van der Waals surface area (Å²) in [6.07, 6.45) is 1.86. The Morgan fingerprint density at radius 1 is 1.33 bits per heavy atom. The van der Waals surface area contributed by atoms with Crippen LogP contribution in [0.4, 0.5) is 5.69 Å². The van der Waals surface area contributed by atoms with E-state index in [2.05, 4.69) is 11.4 Å². The Morgan fingerprint density at radius 2 is 2.14 bits per heavy atom. The van der Waals surface area contributed by atoms with E-state index in [1.807, 2.05) is 24.3 Å². The Balaban J connectivity index is 2.23. The molecule has 1 aromatic carbocycles. The van der Waals surface area contributed by atoms with E-state index in [4.69, 9.17) is 9.68 Å². The number of anilines is 1. The van der Waals surface area contributed by atoms with E-state index < -0.39 is 0 Å². The molecule has 0 aliphatic carbocycles. The zero-order valence-corrected chi connectivity index (χ0v) is 11.9. The highest BCUT2D eigenvalue weighted by atomic mass is 16.3. The summed E-state index contributed by atoms with van der Waals surface area (Å²) in [7, 11) is 1.78. The molecule has 108 valence electrons. The number of rotatable bonds is 6. The summed E-state index contributed by atoms with van der Waals surface area (Å²) in [5.41, 5.74) is 1.35. The number of hydrogen-bond donors (Lipinski definition) is 1. The fraction of sp³-hybridized carbons (Fsp3) is 0.250. The number of nitrogens with one attached hydrogen (secondary N) is 1. The molecule has 2 rings (SSSR count). The van der Waals surface area contributed by atoms with Gasteiger partial charge in [-0.15, -0.1) is 0 Å². The predicted molar refractivity (Wildman–Crippen MR) is 79.7 cm³/mol. The molecule has 2 aromatic rings. The molecule has 0 aliphatic rings. The molecule has 1 aromatic heterocycles. The van der Waals surface area contributed by atoms with Crippen molar-refractivity contribution in [1.29, 1.82) is 5.26 Å². The Kier molecular flexibility index (Phi) is 4.99. The topological polar surface area (TPSA) is 69.3 Å². The van der Waals surface area contributed by atoms with Gasteiger partial charge in [-0.05, 0) is 24.3 Å². The number of nitriles is 1. The summed E-state index contributed by atoms with van der Waals surface area (Å²) in [5, 5.41) is 11.8. The van der Waals surface area contributed by atoms with E-state index in [1.54, 1.807) is 30.3 Å². The van der Waals surface area contributed by atoms with Gasteiger partial charge in [0.25, 0.3) is 5.91 Å². The van der Waals surface area contributed by atoms with Crippen molar-refractivity contribution in [3.8, 4) is 6.07 Å². The quantitative estimate of drug-likeness (QED) is 0.885. The molecule has 5 nitrogen and oxygen atoms in total. The van der Waals surface area contributed by atoms with Crippen LogP contribution in [0.25, 0.3) is 0 Å². The molecule has 0 fully saturated rings. The Morgan fingerprint density at radius 3 is 2.81 bits per heavy atom. The number of furan rings is 1. The fourth-order valence-electron chi connectivity index (χ4n) is 2.09. The van der Waals surface area contributed by atoms with Crippen LogP contribution in [-0.4, -0.2) is 24.4 Å². The van der Waals surface area contributed by atoms with E-state index in [0.29, 0.717) is 24.4 Å². The average Bonchev–Trinajstić information content (AvgIpc) is 3.03. The lowest BCUT2D eigenvalue weighted by molar-refractivity contribution is 0.0736. The summed E-state index contributed by atoms with van der Waals surface area (Å²) < 4.78 is 5.29. The second-order valence-electron chi connectivity index (χ2n) is 4.51. The standard InChI is InChI=1S/C16H17N3O2/c1-18-15-8-3-2-7-14(15)16(20)19(10-5-9-17)12-13-6-4-11-21-13/h2-4,6-8,11,18H,5,10,12H2,1H3. The summed E-state index contributed by atoms with van der Waals surface area (Å²) in [5.74, 6) is 0.579. The minimum Gasteiger partial charge on any atom is -0.467 e. The first kappa shape index (κ1) is 14.7. The molecule has 5 heteroatoms. The molecular weight excluding hydrogens is 266 g/mol. The zero-order valence-electron chi connectivity index (χ0n) is 11.9. The van der Waals surface area contributed by atoms with E-state index in [1.165, 1.54) is 0 Å². The molecule has 1 N–H and O–H groups in total. The molecule has 0 bridgehead atoms. The van der Waals surface area contributed by atoms with E-state index in [9.17, 15) is 4.79 Å². The third-order valence-corrected chi connectivity index (χ3v) is 3.13. The first-order chi connectivity index (χ1) is 10.3. The van der Waals surface area contributed by atoms with Gasteiger partial charge in [0.2, 0.25) is 0 Å². The van der Waals surface area contributed by atoms with Crippen molar-refractivity contribution in [2.45, 2.75) is 13.0 Å². The molecule has 0 radical (unpaired) electrons. The second kappa shape index (κ2) is 7.15. The third kappa shape index (κ3) is 3.63. The van der Waals surface area contributed by atoms with Gasteiger partial charge in [-0.3, -0.25) is 4.79 Å². The minimum atomic E-state index is -0.119. The zero-order chi connectivity index (χ0) is 15.1. The van der Waals surface area contributed by atoms with Crippen molar-refractivity contribution < 1.29 is 9.21 Å². The SMILES string of the molecule is CNc1ccccc1C(=O)N(CCC#N)Cc1ccco1. The van der Waals surface area contributed by atoms with E-state index >= 15 is 0 Å². The monoisotopic (exact) mass is 283 g/mol. The normalized spacial score (nSPS) is 9.90. The Bertz CT molecular complexity index is 629. The summed E-state index contributed by atoms with van der Waals surface area (Å²) in [6, 6.07) is 13.0. The maximum Gasteiger partial charge on any atom is 0.256 e. The smallest absolute Gasteiger partial charge is 0.256 e. The van der Waals surface area contributed by atoms with Gasteiger partial charge >= 0.3 is 0 Å². The van der Waals surface area contributed by atoms with Crippen molar-refractivity contribution >= 4 is 11.6 Å². The average molecular weight is 283 g/mol. The number of carbonyl (C=O) groups excluding carboxylic acids is 1. The van der Waals surface area contributed by atoms with E-state index in [0.717, 1.165) is 5.69 Å². The lowest BCUT2D eigenvalue weighted by Crippen LogP contribution is -2.31. The molecule has 1 amide bonds. The van der Waals surface area contributed by atoms with Gasteiger partial charge in [-0.2, -0.15) is 5.26 Å². The molecule has 0 aliphatic heterocycles. The number of para-hydroxylation sites is 1. The van der Waals surface area contributed by atoms with Crippen LogP contribution in [0.3, 0.4) is 0 Å². The van der Waals surface area contributed by atoms with Gasteiger partial charge < -0.3 is 14.6 Å². The molecule has 0 saturated heterocycles. The van der Waals surface area contributed by atoms with Gasteiger partial charge in [0.05, 0.1) is 30.9 Å². The van der Waals surface area contributed by atoms with Crippen molar-refractivity contribution in [3.05, 3.63) is 54.0 Å². The summed E-state index contributed by atoms with van der Waals surface area (Å²) in [6.45, 7) is 0.722. The van der Waals surface area contributed by atoms with Crippen molar-refractivity contribution in [2.24, 2.45) is 0 Å². The molecule has 21 heavy (non-hydrogen) atoms. The Labute approximate surface area is 123 Å². The van der Waals surface area contributed by atoms with Crippen molar-refractivity contribution in [1.82, 2.24) is 4.90 Å². The third-order valence-electron chi connectivity index (χ3n) is 3.13. The highest BCUT2D eigenvalue weighted by molar-refractivity contribution is 5.99. The minimum absolute atomic E-state index is 0.119.